The molecule has 1 heterocycles. The van der Waals surface area contributed by atoms with Gasteiger partial charge in [-0.2, -0.15) is 0 Å². The molecule has 3 atom stereocenters. The molecule has 4 nitrogen and oxygen atoms in total. The average Bonchev–Trinajstić information content (AvgIpc) is 2.97. The first kappa shape index (κ1) is 14.8. The first-order valence-corrected chi connectivity index (χ1v) is 7.64. The van der Waals surface area contributed by atoms with E-state index < -0.39 is 0 Å². The largest absolute Gasteiger partial charge is 0.376 e. The third-order valence-electron chi connectivity index (χ3n) is 4.63. The van der Waals surface area contributed by atoms with Crippen LogP contribution in [0, 0.1) is 5.41 Å². The quantitative estimate of drug-likeness (QED) is 0.800. The van der Waals surface area contributed by atoms with Gasteiger partial charge in [-0.15, -0.1) is 0 Å². The van der Waals surface area contributed by atoms with Crippen LogP contribution in [-0.4, -0.2) is 37.2 Å². The maximum atomic E-state index is 12.1. The van der Waals surface area contributed by atoms with Crippen molar-refractivity contribution in [3.8, 4) is 0 Å². The van der Waals surface area contributed by atoms with Crippen molar-refractivity contribution in [3.05, 3.63) is 0 Å². The molecule has 4 heteroatoms. The first-order valence-electron chi connectivity index (χ1n) is 7.64. The number of rotatable bonds is 5. The van der Waals surface area contributed by atoms with Gasteiger partial charge < -0.3 is 15.4 Å². The lowest BCUT2D eigenvalue weighted by atomic mass is 9.87. The molecule has 0 radical (unpaired) electrons. The molecular formula is C15H28N2O2. The Labute approximate surface area is 116 Å². The molecule has 0 aromatic rings. The molecule has 2 aliphatic rings. The smallest absolute Gasteiger partial charge is 0.236 e. The average molecular weight is 268 g/mol. The van der Waals surface area contributed by atoms with Gasteiger partial charge in [-0.1, -0.05) is 20.3 Å². The van der Waals surface area contributed by atoms with Gasteiger partial charge in [0.2, 0.25) is 5.91 Å². The summed E-state index contributed by atoms with van der Waals surface area (Å²) in [5.41, 5.74) is 0.309. The summed E-state index contributed by atoms with van der Waals surface area (Å²) in [7, 11) is 0. The second-order valence-electron chi connectivity index (χ2n) is 6.70. The number of hydrogen-bond acceptors (Lipinski definition) is 3. The lowest BCUT2D eigenvalue weighted by molar-refractivity contribution is -0.123. The van der Waals surface area contributed by atoms with Crippen molar-refractivity contribution in [2.75, 3.05) is 13.2 Å². The Bertz CT molecular complexity index is 311. The highest BCUT2D eigenvalue weighted by Crippen LogP contribution is 2.37. The molecule has 0 unspecified atom stereocenters. The van der Waals surface area contributed by atoms with Crippen LogP contribution in [0.1, 0.15) is 52.9 Å². The van der Waals surface area contributed by atoms with Crippen molar-refractivity contribution in [3.63, 3.8) is 0 Å². The van der Waals surface area contributed by atoms with Crippen molar-refractivity contribution in [1.29, 1.82) is 0 Å². The SMILES string of the molecule is C[C@H](N[C@H]1CCCC1(C)C)C(=O)NC[C@@H]1CCCO1. The van der Waals surface area contributed by atoms with Gasteiger partial charge in [0.05, 0.1) is 12.1 Å². The van der Waals surface area contributed by atoms with Gasteiger partial charge >= 0.3 is 0 Å². The van der Waals surface area contributed by atoms with E-state index in [9.17, 15) is 4.79 Å². The van der Waals surface area contributed by atoms with E-state index in [0.717, 1.165) is 19.4 Å². The van der Waals surface area contributed by atoms with E-state index >= 15 is 0 Å². The molecule has 1 saturated carbocycles. The molecule has 2 N–H and O–H groups in total. The van der Waals surface area contributed by atoms with Gasteiger partial charge in [0.25, 0.3) is 0 Å². The van der Waals surface area contributed by atoms with E-state index in [-0.39, 0.29) is 18.1 Å². The van der Waals surface area contributed by atoms with E-state index in [1.807, 2.05) is 6.92 Å². The normalized spacial score (nSPS) is 31.3. The molecule has 1 aliphatic heterocycles. The molecule has 110 valence electrons. The highest BCUT2D eigenvalue weighted by molar-refractivity contribution is 5.81. The molecule has 1 saturated heterocycles. The van der Waals surface area contributed by atoms with Gasteiger partial charge in [0, 0.05) is 19.2 Å². The second kappa shape index (κ2) is 6.23. The highest BCUT2D eigenvalue weighted by Gasteiger charge is 2.35. The first-order chi connectivity index (χ1) is 8.99. The van der Waals surface area contributed by atoms with Crippen LogP contribution in [0.2, 0.25) is 0 Å². The minimum atomic E-state index is -0.122. The van der Waals surface area contributed by atoms with Gasteiger partial charge in [-0.25, -0.2) is 0 Å². The summed E-state index contributed by atoms with van der Waals surface area (Å²) in [6, 6.07) is 0.333. The summed E-state index contributed by atoms with van der Waals surface area (Å²) in [6.07, 6.45) is 6.08. The van der Waals surface area contributed by atoms with E-state index in [4.69, 9.17) is 4.74 Å². The van der Waals surface area contributed by atoms with Gasteiger partial charge in [0.1, 0.15) is 0 Å². The molecular weight excluding hydrogens is 240 g/mol. The number of carbonyl (C=O) groups is 1. The maximum absolute atomic E-state index is 12.1. The van der Waals surface area contributed by atoms with E-state index in [0.29, 0.717) is 18.0 Å². The number of ether oxygens (including phenoxy) is 1. The predicted octanol–water partition coefficient (Wildman–Crippen LogP) is 1.84. The molecule has 0 bridgehead atoms. The molecule has 2 fully saturated rings. The third-order valence-corrected chi connectivity index (χ3v) is 4.63. The lowest BCUT2D eigenvalue weighted by Gasteiger charge is -2.30. The number of carbonyl (C=O) groups excluding carboxylic acids is 1. The Kier molecular flexibility index (Phi) is 4.85. The fraction of sp³-hybridized carbons (Fsp3) is 0.933. The summed E-state index contributed by atoms with van der Waals surface area (Å²) in [4.78, 5) is 12.1. The van der Waals surface area contributed by atoms with Crippen molar-refractivity contribution < 1.29 is 9.53 Å². The molecule has 19 heavy (non-hydrogen) atoms. The number of amides is 1. The van der Waals surface area contributed by atoms with Crippen LogP contribution in [0.5, 0.6) is 0 Å². The van der Waals surface area contributed by atoms with Crippen LogP contribution in [0.4, 0.5) is 0 Å². The van der Waals surface area contributed by atoms with Crippen molar-refractivity contribution >= 4 is 5.91 Å². The number of hydrogen-bond donors (Lipinski definition) is 2. The predicted molar refractivity (Wildman–Crippen MR) is 76.0 cm³/mol. The fourth-order valence-corrected chi connectivity index (χ4v) is 3.19. The summed E-state index contributed by atoms with van der Waals surface area (Å²) in [6.45, 7) is 8.02. The van der Waals surface area contributed by atoms with Crippen LogP contribution >= 0.6 is 0 Å². The minimum Gasteiger partial charge on any atom is -0.376 e. The second-order valence-corrected chi connectivity index (χ2v) is 6.70. The monoisotopic (exact) mass is 268 g/mol. The molecule has 2 rings (SSSR count). The Balaban J connectivity index is 1.72. The van der Waals surface area contributed by atoms with Gasteiger partial charge in [-0.05, 0) is 38.0 Å². The standard InChI is InChI=1S/C15H28N2O2/c1-11(17-13-7-4-8-15(13,2)3)14(18)16-10-12-6-5-9-19-12/h11-13,17H,4-10H2,1-3H3,(H,16,18)/t11-,12-,13-/m0/s1. The highest BCUT2D eigenvalue weighted by atomic mass is 16.5. The summed E-state index contributed by atoms with van der Waals surface area (Å²) in [5, 5.41) is 6.49. The van der Waals surface area contributed by atoms with Crippen LogP contribution < -0.4 is 10.6 Å². The topological polar surface area (TPSA) is 50.4 Å². The van der Waals surface area contributed by atoms with Crippen LogP contribution in [0.3, 0.4) is 0 Å². The third kappa shape index (κ3) is 3.93. The van der Waals surface area contributed by atoms with E-state index in [1.165, 1.54) is 19.3 Å². The van der Waals surface area contributed by atoms with Gasteiger partial charge in [-0.3, -0.25) is 4.79 Å². The molecule has 0 spiro atoms. The zero-order valence-corrected chi connectivity index (χ0v) is 12.5. The molecule has 1 amide bonds. The Hall–Kier alpha value is -0.610. The molecule has 1 aliphatic carbocycles. The summed E-state index contributed by atoms with van der Waals surface area (Å²) in [5.74, 6) is 0.0956. The van der Waals surface area contributed by atoms with E-state index in [1.54, 1.807) is 0 Å². The van der Waals surface area contributed by atoms with Crippen molar-refractivity contribution in [2.45, 2.75) is 71.1 Å². The van der Waals surface area contributed by atoms with Gasteiger partial charge in [0.15, 0.2) is 0 Å². The zero-order valence-electron chi connectivity index (χ0n) is 12.5. The Morgan fingerprint density at radius 3 is 2.74 bits per heavy atom. The van der Waals surface area contributed by atoms with Crippen LogP contribution in [0.25, 0.3) is 0 Å². The van der Waals surface area contributed by atoms with Crippen LogP contribution in [-0.2, 0) is 9.53 Å². The van der Waals surface area contributed by atoms with Crippen molar-refractivity contribution in [1.82, 2.24) is 10.6 Å². The van der Waals surface area contributed by atoms with E-state index in [2.05, 4.69) is 24.5 Å². The fourth-order valence-electron chi connectivity index (χ4n) is 3.19. The molecule has 0 aromatic carbocycles. The summed E-state index contributed by atoms with van der Waals surface area (Å²) < 4.78 is 5.51. The van der Waals surface area contributed by atoms with Crippen molar-refractivity contribution in [2.24, 2.45) is 5.41 Å². The Morgan fingerprint density at radius 2 is 2.16 bits per heavy atom. The Morgan fingerprint density at radius 1 is 1.37 bits per heavy atom. The maximum Gasteiger partial charge on any atom is 0.236 e. The van der Waals surface area contributed by atoms with Crippen LogP contribution in [0.15, 0.2) is 0 Å². The lowest BCUT2D eigenvalue weighted by Crippen LogP contribution is -2.50. The summed E-state index contributed by atoms with van der Waals surface area (Å²) >= 11 is 0. The number of nitrogens with one attached hydrogen (secondary N) is 2. The molecule has 0 aromatic heterocycles. The minimum absolute atomic E-state index is 0.0956. The zero-order chi connectivity index (χ0) is 13.9.